The number of carbonyl (C=O) groups excluding carboxylic acids is 2. The Bertz CT molecular complexity index is 1090. The minimum atomic E-state index is -1.17. The van der Waals surface area contributed by atoms with Crippen molar-refractivity contribution in [2.75, 3.05) is 20.3 Å². The van der Waals surface area contributed by atoms with E-state index in [4.69, 9.17) is 14.2 Å². The summed E-state index contributed by atoms with van der Waals surface area (Å²) >= 11 is 0. The highest BCUT2D eigenvalue weighted by Gasteiger charge is 2.39. The number of carbonyl (C=O) groups is 3. The molecule has 2 aromatic carbocycles. The lowest BCUT2D eigenvalue weighted by Gasteiger charge is -2.21. The average Bonchev–Trinajstić information content (AvgIpc) is 3.32. The van der Waals surface area contributed by atoms with Gasteiger partial charge in [0.15, 0.2) is 12.4 Å². The Morgan fingerprint density at radius 3 is 2.59 bits per heavy atom. The van der Waals surface area contributed by atoms with Crippen LogP contribution in [0.3, 0.4) is 0 Å². The molecule has 0 aromatic heterocycles. The smallest absolute Gasteiger partial charge is 0.326 e. The van der Waals surface area contributed by atoms with E-state index in [1.807, 2.05) is 0 Å². The molecule has 166 valence electrons. The minimum Gasteiger partial charge on any atom is -0.497 e. The third-order valence-electron chi connectivity index (χ3n) is 5.30. The highest BCUT2D eigenvalue weighted by atomic mass is 16.5. The summed E-state index contributed by atoms with van der Waals surface area (Å²) in [6.45, 7) is -0.460. The summed E-state index contributed by atoms with van der Waals surface area (Å²) in [4.78, 5) is 37.4. The van der Waals surface area contributed by atoms with Crippen LogP contribution in [0.4, 0.5) is 0 Å². The van der Waals surface area contributed by atoms with Gasteiger partial charge in [-0.3, -0.25) is 9.59 Å². The number of likely N-dealkylation sites (tertiary alicyclic amines) is 1. The van der Waals surface area contributed by atoms with Crippen LogP contribution in [-0.4, -0.2) is 65.2 Å². The zero-order chi connectivity index (χ0) is 22.8. The van der Waals surface area contributed by atoms with Crippen molar-refractivity contribution in [3.8, 4) is 17.2 Å². The van der Waals surface area contributed by atoms with Gasteiger partial charge >= 0.3 is 5.97 Å². The Balaban J connectivity index is 1.43. The molecule has 0 aliphatic carbocycles. The van der Waals surface area contributed by atoms with Gasteiger partial charge in [-0.05, 0) is 35.9 Å². The zero-order valence-corrected chi connectivity index (χ0v) is 17.2. The number of carboxylic acids is 1. The number of aliphatic hydroxyl groups is 1. The zero-order valence-electron chi connectivity index (χ0n) is 17.2. The maximum atomic E-state index is 12.6. The number of Topliss-reactive ketones (excluding diaryl/α,β-unsaturated/α-hetero) is 1. The first-order valence-corrected chi connectivity index (χ1v) is 9.91. The van der Waals surface area contributed by atoms with E-state index in [9.17, 15) is 24.6 Å². The second-order valence-electron chi connectivity index (χ2n) is 7.45. The minimum absolute atomic E-state index is 0.0147. The fourth-order valence-corrected chi connectivity index (χ4v) is 3.66. The van der Waals surface area contributed by atoms with Crippen LogP contribution in [0.15, 0.2) is 48.2 Å². The maximum absolute atomic E-state index is 12.6. The van der Waals surface area contributed by atoms with Crippen LogP contribution in [0.2, 0.25) is 0 Å². The van der Waals surface area contributed by atoms with Gasteiger partial charge in [0.05, 0.1) is 18.8 Å². The standard InChI is InChI=1S/C23H21NO8/c1-30-15-4-2-13(3-5-15)8-20-22(27)17-7-6-16(10-19(17)32-20)31-12-21(26)24-11-14(25)9-18(24)23(28)29/h2-8,10,14,18,25H,9,11-12H2,1H3,(H,28,29)/b20-8-/t14-,18-/m0/s1. The van der Waals surface area contributed by atoms with Crippen LogP contribution in [0.1, 0.15) is 22.3 Å². The van der Waals surface area contributed by atoms with Crippen LogP contribution < -0.4 is 14.2 Å². The number of ether oxygens (including phenoxy) is 3. The van der Waals surface area contributed by atoms with Crippen molar-refractivity contribution in [3.63, 3.8) is 0 Å². The van der Waals surface area contributed by atoms with Crippen molar-refractivity contribution in [1.82, 2.24) is 4.90 Å². The number of nitrogens with zero attached hydrogens (tertiary/aromatic N) is 1. The number of benzene rings is 2. The van der Waals surface area contributed by atoms with E-state index in [1.165, 1.54) is 12.1 Å². The van der Waals surface area contributed by atoms with Crippen molar-refractivity contribution in [1.29, 1.82) is 0 Å². The van der Waals surface area contributed by atoms with Crippen LogP contribution in [-0.2, 0) is 9.59 Å². The van der Waals surface area contributed by atoms with E-state index in [2.05, 4.69) is 0 Å². The molecule has 0 radical (unpaired) electrons. The maximum Gasteiger partial charge on any atom is 0.326 e. The summed E-state index contributed by atoms with van der Waals surface area (Å²) < 4.78 is 16.3. The first kappa shape index (κ1) is 21.4. The number of fused-ring (bicyclic) bond motifs is 1. The summed E-state index contributed by atoms with van der Waals surface area (Å²) in [6.07, 6.45) is 0.728. The predicted molar refractivity (Wildman–Crippen MR) is 112 cm³/mol. The fourth-order valence-electron chi connectivity index (χ4n) is 3.66. The molecule has 2 aliphatic rings. The van der Waals surface area contributed by atoms with Gasteiger partial charge in [0.1, 0.15) is 23.3 Å². The number of carboxylic acid groups (broad SMARTS) is 1. The quantitative estimate of drug-likeness (QED) is 0.653. The van der Waals surface area contributed by atoms with Gasteiger partial charge in [-0.2, -0.15) is 0 Å². The van der Waals surface area contributed by atoms with Gasteiger partial charge < -0.3 is 29.3 Å². The lowest BCUT2D eigenvalue weighted by atomic mass is 10.1. The summed E-state index contributed by atoms with van der Waals surface area (Å²) in [5, 5.41) is 18.9. The second-order valence-corrected chi connectivity index (χ2v) is 7.45. The van der Waals surface area contributed by atoms with Crippen molar-refractivity contribution in [2.45, 2.75) is 18.6 Å². The van der Waals surface area contributed by atoms with Gasteiger partial charge in [0.2, 0.25) is 5.78 Å². The fraction of sp³-hybridized carbons (Fsp3) is 0.261. The molecule has 2 N–H and O–H groups in total. The number of hydrogen-bond donors (Lipinski definition) is 2. The summed E-state index contributed by atoms with van der Waals surface area (Å²) in [5.41, 5.74) is 1.14. The molecular weight excluding hydrogens is 418 g/mol. The molecule has 0 bridgehead atoms. The Hall–Kier alpha value is -3.85. The average molecular weight is 439 g/mol. The van der Waals surface area contributed by atoms with Crippen molar-refractivity contribution in [3.05, 3.63) is 59.4 Å². The number of β-amino-alcohol motifs (C(OH)–C–C–N with tert-alkyl or cyclic N) is 1. The lowest BCUT2D eigenvalue weighted by molar-refractivity contribution is -0.148. The number of aliphatic carboxylic acids is 1. The molecule has 9 heteroatoms. The van der Waals surface area contributed by atoms with E-state index in [1.54, 1.807) is 43.5 Å². The van der Waals surface area contributed by atoms with Crippen molar-refractivity contribution >= 4 is 23.7 Å². The second kappa shape index (κ2) is 8.72. The number of amides is 1. The number of hydrogen-bond acceptors (Lipinski definition) is 7. The van der Waals surface area contributed by atoms with Gasteiger partial charge in [0.25, 0.3) is 5.91 Å². The molecule has 9 nitrogen and oxygen atoms in total. The number of ketones is 1. The molecule has 1 amide bonds. The molecule has 2 heterocycles. The number of allylic oxidation sites excluding steroid dienone is 1. The SMILES string of the molecule is COc1ccc(/C=C2\Oc3cc(OCC(=O)N4C[C@@H](O)C[C@H]4C(=O)O)ccc3C2=O)cc1. The largest absolute Gasteiger partial charge is 0.497 e. The van der Waals surface area contributed by atoms with E-state index in [0.29, 0.717) is 22.8 Å². The van der Waals surface area contributed by atoms with Crippen LogP contribution in [0.5, 0.6) is 17.2 Å². The first-order valence-electron chi connectivity index (χ1n) is 9.91. The lowest BCUT2D eigenvalue weighted by Crippen LogP contribution is -2.42. The summed E-state index contributed by atoms with van der Waals surface area (Å²) in [5.74, 6) is -0.532. The van der Waals surface area contributed by atoms with Gasteiger partial charge in [-0.25, -0.2) is 4.79 Å². The van der Waals surface area contributed by atoms with E-state index in [0.717, 1.165) is 10.5 Å². The van der Waals surface area contributed by atoms with E-state index < -0.39 is 30.6 Å². The monoisotopic (exact) mass is 439 g/mol. The molecule has 1 saturated heterocycles. The molecule has 0 saturated carbocycles. The molecule has 32 heavy (non-hydrogen) atoms. The molecule has 2 aliphatic heterocycles. The topological polar surface area (TPSA) is 123 Å². The highest BCUT2D eigenvalue weighted by Crippen LogP contribution is 2.35. The molecule has 0 spiro atoms. The van der Waals surface area contributed by atoms with Gasteiger partial charge in [-0.1, -0.05) is 12.1 Å². The van der Waals surface area contributed by atoms with Gasteiger partial charge in [-0.15, -0.1) is 0 Å². The molecule has 2 atom stereocenters. The molecule has 1 fully saturated rings. The predicted octanol–water partition coefficient (Wildman–Crippen LogP) is 1.74. The Kier molecular flexibility index (Phi) is 5.83. The highest BCUT2D eigenvalue weighted by molar-refractivity contribution is 6.14. The Morgan fingerprint density at radius 1 is 1.19 bits per heavy atom. The van der Waals surface area contributed by atoms with E-state index >= 15 is 0 Å². The van der Waals surface area contributed by atoms with Gasteiger partial charge in [0, 0.05) is 19.0 Å². The molecule has 2 aromatic rings. The third-order valence-corrected chi connectivity index (χ3v) is 5.30. The van der Waals surface area contributed by atoms with Crippen molar-refractivity contribution < 1.29 is 38.8 Å². The molecule has 0 unspecified atom stereocenters. The number of aliphatic hydroxyl groups excluding tert-OH is 1. The molecular formula is C23H21NO8. The number of methoxy groups -OCH3 is 1. The first-order chi connectivity index (χ1) is 15.4. The van der Waals surface area contributed by atoms with Crippen molar-refractivity contribution in [2.24, 2.45) is 0 Å². The summed E-state index contributed by atoms with van der Waals surface area (Å²) in [7, 11) is 1.57. The Labute approximate surface area is 183 Å². The van der Waals surface area contributed by atoms with Crippen LogP contribution in [0.25, 0.3) is 6.08 Å². The Morgan fingerprint density at radius 2 is 1.91 bits per heavy atom. The summed E-state index contributed by atoms with van der Waals surface area (Å²) in [6, 6.07) is 10.7. The van der Waals surface area contributed by atoms with E-state index in [-0.39, 0.29) is 24.5 Å². The molecule has 4 rings (SSSR count). The third kappa shape index (κ3) is 4.28. The van der Waals surface area contributed by atoms with Crippen LogP contribution in [0, 0.1) is 0 Å². The van der Waals surface area contributed by atoms with Crippen LogP contribution >= 0.6 is 0 Å². The normalized spacial score (nSPS) is 20.8. The number of rotatable bonds is 6.